The Kier molecular flexibility index (Phi) is 4.39. The maximum absolute atomic E-state index is 6.34. The van der Waals surface area contributed by atoms with Gasteiger partial charge in [-0.3, -0.25) is 0 Å². The van der Waals surface area contributed by atoms with E-state index in [1.165, 1.54) is 32.1 Å². The standard InChI is InChI=1S/C18H27NO2/c1-3-20-14-8-7-9-15(12-14)21-17-13-16(19-2)18(17)10-5-4-6-11-18/h7-9,12,16-17,19H,3-6,10-11,13H2,1-2H3. The number of hydrogen-bond donors (Lipinski definition) is 1. The van der Waals surface area contributed by atoms with Crippen molar-refractivity contribution in [3.05, 3.63) is 24.3 Å². The molecule has 1 spiro atoms. The van der Waals surface area contributed by atoms with Crippen molar-refractivity contribution >= 4 is 0 Å². The zero-order chi connectivity index (χ0) is 14.7. The Morgan fingerprint density at radius 2 is 1.95 bits per heavy atom. The van der Waals surface area contributed by atoms with Gasteiger partial charge in [0.25, 0.3) is 0 Å². The summed E-state index contributed by atoms with van der Waals surface area (Å²) in [7, 11) is 2.09. The van der Waals surface area contributed by atoms with Crippen molar-refractivity contribution < 1.29 is 9.47 Å². The molecule has 0 aliphatic heterocycles. The van der Waals surface area contributed by atoms with E-state index in [4.69, 9.17) is 9.47 Å². The molecule has 1 aromatic rings. The predicted molar refractivity (Wildman–Crippen MR) is 85.0 cm³/mol. The fourth-order valence-electron chi connectivity index (χ4n) is 4.17. The van der Waals surface area contributed by atoms with Gasteiger partial charge in [0.2, 0.25) is 0 Å². The third-order valence-electron chi connectivity index (χ3n) is 5.31. The molecule has 21 heavy (non-hydrogen) atoms. The molecular formula is C18H27NO2. The number of benzene rings is 1. The summed E-state index contributed by atoms with van der Waals surface area (Å²) in [4.78, 5) is 0. The second-order valence-corrected chi connectivity index (χ2v) is 6.39. The third-order valence-corrected chi connectivity index (χ3v) is 5.31. The summed E-state index contributed by atoms with van der Waals surface area (Å²) in [5.41, 5.74) is 0.356. The quantitative estimate of drug-likeness (QED) is 0.895. The Hall–Kier alpha value is -1.22. The van der Waals surface area contributed by atoms with Gasteiger partial charge in [0.05, 0.1) is 6.61 Å². The van der Waals surface area contributed by atoms with E-state index in [-0.39, 0.29) is 0 Å². The summed E-state index contributed by atoms with van der Waals surface area (Å²) in [6, 6.07) is 8.70. The van der Waals surface area contributed by atoms with Crippen LogP contribution in [0.25, 0.3) is 0 Å². The van der Waals surface area contributed by atoms with Crippen molar-refractivity contribution in [3.8, 4) is 11.5 Å². The highest BCUT2D eigenvalue weighted by molar-refractivity contribution is 5.33. The van der Waals surface area contributed by atoms with Gasteiger partial charge in [0.1, 0.15) is 17.6 Å². The zero-order valence-electron chi connectivity index (χ0n) is 13.2. The fourth-order valence-corrected chi connectivity index (χ4v) is 4.17. The number of ether oxygens (including phenoxy) is 2. The first-order valence-corrected chi connectivity index (χ1v) is 8.35. The lowest BCUT2D eigenvalue weighted by Crippen LogP contribution is -2.64. The van der Waals surface area contributed by atoms with Crippen molar-refractivity contribution in [2.75, 3.05) is 13.7 Å². The Bertz CT molecular complexity index is 468. The topological polar surface area (TPSA) is 30.5 Å². The van der Waals surface area contributed by atoms with Crippen LogP contribution in [0.2, 0.25) is 0 Å². The van der Waals surface area contributed by atoms with Crippen LogP contribution in [0.5, 0.6) is 11.5 Å². The van der Waals surface area contributed by atoms with Crippen LogP contribution in [0.1, 0.15) is 45.4 Å². The summed E-state index contributed by atoms with van der Waals surface area (Å²) in [5.74, 6) is 1.85. The van der Waals surface area contributed by atoms with E-state index in [2.05, 4.69) is 12.4 Å². The molecule has 0 radical (unpaired) electrons. The smallest absolute Gasteiger partial charge is 0.123 e. The summed E-state index contributed by atoms with van der Waals surface area (Å²) >= 11 is 0. The summed E-state index contributed by atoms with van der Waals surface area (Å²) in [6.45, 7) is 2.70. The highest BCUT2D eigenvalue weighted by Crippen LogP contribution is 2.53. The highest BCUT2D eigenvalue weighted by atomic mass is 16.5. The molecule has 2 unspecified atom stereocenters. The molecule has 2 saturated carbocycles. The summed E-state index contributed by atoms with van der Waals surface area (Å²) in [6.07, 6.45) is 8.14. The number of rotatable bonds is 5. The van der Waals surface area contributed by atoms with Crippen LogP contribution in [0, 0.1) is 5.41 Å². The molecule has 0 saturated heterocycles. The first-order valence-electron chi connectivity index (χ1n) is 8.35. The van der Waals surface area contributed by atoms with E-state index in [9.17, 15) is 0 Å². The molecule has 1 aromatic carbocycles. The van der Waals surface area contributed by atoms with Crippen LogP contribution >= 0.6 is 0 Å². The lowest BCUT2D eigenvalue weighted by Gasteiger charge is -2.57. The molecule has 2 fully saturated rings. The van der Waals surface area contributed by atoms with E-state index in [0.29, 0.717) is 24.2 Å². The van der Waals surface area contributed by atoms with Crippen molar-refractivity contribution in [2.24, 2.45) is 5.41 Å². The number of hydrogen-bond acceptors (Lipinski definition) is 3. The molecule has 116 valence electrons. The Labute approximate surface area is 128 Å². The molecule has 2 atom stereocenters. The van der Waals surface area contributed by atoms with Crippen molar-refractivity contribution in [2.45, 2.75) is 57.6 Å². The van der Waals surface area contributed by atoms with Gasteiger partial charge in [-0.1, -0.05) is 25.3 Å². The van der Waals surface area contributed by atoms with Gasteiger partial charge in [-0.25, -0.2) is 0 Å². The first-order chi connectivity index (χ1) is 10.3. The van der Waals surface area contributed by atoms with Crippen LogP contribution in [0.3, 0.4) is 0 Å². The molecule has 2 aliphatic rings. The Morgan fingerprint density at radius 1 is 1.19 bits per heavy atom. The van der Waals surface area contributed by atoms with E-state index >= 15 is 0 Å². The SMILES string of the molecule is CCOc1cccc(OC2CC(NC)C23CCCCC3)c1. The van der Waals surface area contributed by atoms with Gasteiger partial charge >= 0.3 is 0 Å². The molecule has 0 bridgehead atoms. The second-order valence-electron chi connectivity index (χ2n) is 6.39. The van der Waals surface area contributed by atoms with Gasteiger partial charge < -0.3 is 14.8 Å². The molecule has 0 heterocycles. The van der Waals surface area contributed by atoms with Crippen molar-refractivity contribution in [3.63, 3.8) is 0 Å². The second kappa shape index (κ2) is 6.27. The fraction of sp³-hybridized carbons (Fsp3) is 0.667. The predicted octanol–water partition coefficient (Wildman–Crippen LogP) is 3.77. The lowest BCUT2D eigenvalue weighted by molar-refractivity contribution is -0.100. The molecule has 2 aliphatic carbocycles. The molecular weight excluding hydrogens is 262 g/mol. The molecule has 3 heteroatoms. The van der Waals surface area contributed by atoms with Crippen molar-refractivity contribution in [1.82, 2.24) is 5.32 Å². The Morgan fingerprint density at radius 3 is 2.67 bits per heavy atom. The third kappa shape index (κ3) is 2.76. The largest absolute Gasteiger partial charge is 0.494 e. The van der Waals surface area contributed by atoms with E-state index in [1.807, 2.05) is 31.2 Å². The molecule has 3 nitrogen and oxygen atoms in total. The molecule has 3 rings (SSSR count). The van der Waals surface area contributed by atoms with E-state index in [0.717, 1.165) is 17.9 Å². The van der Waals surface area contributed by atoms with Crippen LogP contribution in [0.4, 0.5) is 0 Å². The summed E-state index contributed by atoms with van der Waals surface area (Å²) < 4.78 is 11.9. The molecule has 0 amide bonds. The average Bonchev–Trinajstić information content (AvgIpc) is 2.52. The first kappa shape index (κ1) is 14.7. The molecule has 0 aromatic heterocycles. The van der Waals surface area contributed by atoms with Gasteiger partial charge in [0.15, 0.2) is 0 Å². The highest BCUT2D eigenvalue weighted by Gasteiger charge is 2.55. The minimum absolute atomic E-state index is 0.354. The minimum Gasteiger partial charge on any atom is -0.494 e. The van der Waals surface area contributed by atoms with Gasteiger partial charge in [-0.15, -0.1) is 0 Å². The van der Waals surface area contributed by atoms with E-state index in [1.54, 1.807) is 0 Å². The lowest BCUT2D eigenvalue weighted by atomic mass is 9.55. The van der Waals surface area contributed by atoms with E-state index < -0.39 is 0 Å². The minimum atomic E-state index is 0.354. The maximum atomic E-state index is 6.34. The zero-order valence-corrected chi connectivity index (χ0v) is 13.2. The van der Waals surface area contributed by atoms with Crippen LogP contribution < -0.4 is 14.8 Å². The number of nitrogens with one attached hydrogen (secondary N) is 1. The van der Waals surface area contributed by atoms with Gasteiger partial charge in [0, 0.05) is 23.9 Å². The van der Waals surface area contributed by atoms with Gasteiger partial charge in [-0.05, 0) is 38.9 Å². The monoisotopic (exact) mass is 289 g/mol. The van der Waals surface area contributed by atoms with Crippen LogP contribution in [-0.4, -0.2) is 25.8 Å². The maximum Gasteiger partial charge on any atom is 0.123 e. The van der Waals surface area contributed by atoms with Crippen molar-refractivity contribution in [1.29, 1.82) is 0 Å². The summed E-state index contributed by atoms with van der Waals surface area (Å²) in [5, 5.41) is 3.50. The van der Waals surface area contributed by atoms with Gasteiger partial charge in [-0.2, -0.15) is 0 Å². The Balaban J connectivity index is 1.71. The average molecular weight is 289 g/mol. The molecule has 1 N–H and O–H groups in total. The van der Waals surface area contributed by atoms with Crippen LogP contribution in [-0.2, 0) is 0 Å². The van der Waals surface area contributed by atoms with Crippen LogP contribution in [0.15, 0.2) is 24.3 Å². The normalized spacial score (nSPS) is 27.1.